The third-order valence-corrected chi connectivity index (χ3v) is 4.61. The Balaban J connectivity index is 1.83. The van der Waals surface area contributed by atoms with E-state index in [2.05, 4.69) is 21.0 Å². The first-order chi connectivity index (χ1) is 13.2. The van der Waals surface area contributed by atoms with Crippen molar-refractivity contribution in [2.75, 3.05) is 0 Å². The van der Waals surface area contributed by atoms with Crippen LogP contribution in [0.1, 0.15) is 18.9 Å². The lowest BCUT2D eigenvalue weighted by Gasteiger charge is -2.11. The van der Waals surface area contributed by atoms with Crippen molar-refractivity contribution in [2.24, 2.45) is 0 Å². The van der Waals surface area contributed by atoms with Gasteiger partial charge in [-0.25, -0.2) is 4.98 Å². The zero-order chi connectivity index (χ0) is 18.8. The molecule has 0 unspecified atom stereocenters. The highest BCUT2D eigenvalue weighted by Crippen LogP contribution is 2.36. The number of aryl methyl sites for hydroxylation is 1. The molecule has 0 aliphatic rings. The Morgan fingerprint density at radius 1 is 1.04 bits per heavy atom. The Labute approximate surface area is 157 Å². The molecule has 134 valence electrons. The summed E-state index contributed by atoms with van der Waals surface area (Å²) in [7, 11) is 0. The minimum Gasteiger partial charge on any atom is -0.443 e. The Bertz CT molecular complexity index is 1120. The van der Waals surface area contributed by atoms with Crippen molar-refractivity contribution in [1.82, 2.24) is 15.0 Å². The van der Waals surface area contributed by atoms with Gasteiger partial charge in [-0.3, -0.25) is 10.4 Å². The summed E-state index contributed by atoms with van der Waals surface area (Å²) in [4.78, 5) is 11.9. The molecule has 0 atom stereocenters. The van der Waals surface area contributed by atoms with E-state index in [1.54, 1.807) is 12.4 Å². The normalized spacial score (nSPS) is 10.9. The highest BCUT2D eigenvalue weighted by atomic mass is 16.5. The zero-order valence-electron chi connectivity index (χ0n) is 15.3. The van der Waals surface area contributed by atoms with E-state index in [1.165, 1.54) is 0 Å². The van der Waals surface area contributed by atoms with Crippen molar-refractivity contribution in [3.8, 4) is 28.0 Å². The van der Waals surface area contributed by atoms with Gasteiger partial charge < -0.3 is 9.72 Å². The summed E-state index contributed by atoms with van der Waals surface area (Å²) in [5.41, 5.74) is 6.23. The molecule has 0 saturated carbocycles. The number of nitrogens with one attached hydrogen (secondary N) is 2. The van der Waals surface area contributed by atoms with Gasteiger partial charge in [-0.1, -0.05) is 13.0 Å². The minimum absolute atomic E-state index is 0.266. The van der Waals surface area contributed by atoms with E-state index in [4.69, 9.17) is 10.1 Å². The molecule has 0 spiro atoms. The van der Waals surface area contributed by atoms with Crippen LogP contribution >= 0.6 is 0 Å². The van der Waals surface area contributed by atoms with Gasteiger partial charge in [0.1, 0.15) is 11.4 Å². The zero-order valence-corrected chi connectivity index (χ0v) is 15.3. The van der Waals surface area contributed by atoms with Crippen LogP contribution in [0.2, 0.25) is 0 Å². The van der Waals surface area contributed by atoms with Crippen molar-refractivity contribution < 1.29 is 4.74 Å². The molecule has 0 saturated heterocycles. The highest BCUT2D eigenvalue weighted by molar-refractivity contribution is 6.04. The van der Waals surface area contributed by atoms with E-state index in [-0.39, 0.29) is 5.90 Å². The van der Waals surface area contributed by atoms with Crippen molar-refractivity contribution in [1.29, 1.82) is 5.41 Å². The number of nitrogens with zero attached hydrogens (tertiary/aromatic N) is 2. The predicted molar refractivity (Wildman–Crippen MR) is 108 cm³/mol. The molecule has 5 heteroatoms. The van der Waals surface area contributed by atoms with E-state index < -0.39 is 0 Å². The first-order valence-electron chi connectivity index (χ1n) is 8.90. The SMILES string of the molecule is CCC(=N)Oc1ccc(-c2c[nH]c3nccc(-c4ccncc4)c23)cc1C. The van der Waals surface area contributed by atoms with Crippen LogP contribution in [0.25, 0.3) is 33.3 Å². The number of rotatable bonds is 4. The second-order valence-electron chi connectivity index (χ2n) is 6.38. The fraction of sp³-hybridized carbons (Fsp3) is 0.136. The molecule has 0 fully saturated rings. The molecule has 0 radical (unpaired) electrons. The fourth-order valence-electron chi connectivity index (χ4n) is 3.19. The van der Waals surface area contributed by atoms with E-state index in [0.717, 1.165) is 44.6 Å². The number of hydrogen-bond donors (Lipinski definition) is 2. The maximum absolute atomic E-state index is 7.76. The molecule has 2 N–H and O–H groups in total. The number of aromatic nitrogens is 3. The van der Waals surface area contributed by atoms with Crippen LogP contribution in [0.4, 0.5) is 0 Å². The minimum atomic E-state index is 0.266. The second kappa shape index (κ2) is 7.03. The van der Waals surface area contributed by atoms with Crippen molar-refractivity contribution in [3.63, 3.8) is 0 Å². The third-order valence-electron chi connectivity index (χ3n) is 4.61. The summed E-state index contributed by atoms with van der Waals surface area (Å²) in [6.45, 7) is 3.91. The molecule has 27 heavy (non-hydrogen) atoms. The summed E-state index contributed by atoms with van der Waals surface area (Å²) < 4.78 is 5.60. The number of aromatic amines is 1. The summed E-state index contributed by atoms with van der Waals surface area (Å²) >= 11 is 0. The largest absolute Gasteiger partial charge is 0.443 e. The van der Waals surface area contributed by atoms with Crippen molar-refractivity contribution >= 4 is 16.9 Å². The lowest BCUT2D eigenvalue weighted by Crippen LogP contribution is -2.05. The third kappa shape index (κ3) is 3.19. The summed E-state index contributed by atoms with van der Waals surface area (Å²) in [5, 5.41) is 8.84. The number of H-pyrrole nitrogens is 1. The second-order valence-corrected chi connectivity index (χ2v) is 6.38. The number of fused-ring (bicyclic) bond motifs is 1. The van der Waals surface area contributed by atoms with Crippen LogP contribution in [0.15, 0.2) is 61.2 Å². The summed E-state index contributed by atoms with van der Waals surface area (Å²) in [5.74, 6) is 0.986. The monoisotopic (exact) mass is 356 g/mol. The van der Waals surface area contributed by atoms with Crippen LogP contribution in [-0.4, -0.2) is 20.8 Å². The maximum Gasteiger partial charge on any atom is 0.187 e. The van der Waals surface area contributed by atoms with Gasteiger partial charge in [0.05, 0.1) is 0 Å². The number of hydrogen-bond acceptors (Lipinski definition) is 4. The van der Waals surface area contributed by atoms with Gasteiger partial charge in [0.2, 0.25) is 0 Å². The molecule has 5 nitrogen and oxygen atoms in total. The van der Waals surface area contributed by atoms with Crippen molar-refractivity contribution in [3.05, 3.63) is 66.7 Å². The first-order valence-corrected chi connectivity index (χ1v) is 8.90. The van der Waals surface area contributed by atoms with Gasteiger partial charge in [0, 0.05) is 42.2 Å². The van der Waals surface area contributed by atoms with Gasteiger partial charge in [0.25, 0.3) is 0 Å². The van der Waals surface area contributed by atoms with E-state index >= 15 is 0 Å². The Morgan fingerprint density at radius 2 is 1.85 bits per heavy atom. The molecule has 3 heterocycles. The lowest BCUT2D eigenvalue weighted by molar-refractivity contribution is 0.526. The van der Waals surface area contributed by atoms with Crippen LogP contribution in [0, 0.1) is 12.3 Å². The number of benzene rings is 1. The van der Waals surface area contributed by atoms with Crippen LogP contribution < -0.4 is 4.74 Å². The van der Waals surface area contributed by atoms with E-state index in [0.29, 0.717) is 6.42 Å². The molecule has 1 aromatic carbocycles. The Morgan fingerprint density at radius 3 is 2.59 bits per heavy atom. The first kappa shape index (κ1) is 17.0. The van der Waals surface area contributed by atoms with Gasteiger partial charge in [0.15, 0.2) is 5.90 Å². The molecule has 3 aromatic heterocycles. The van der Waals surface area contributed by atoms with Crippen LogP contribution in [-0.2, 0) is 0 Å². The quantitative estimate of drug-likeness (QED) is 0.381. The molecular weight excluding hydrogens is 336 g/mol. The van der Waals surface area contributed by atoms with E-state index in [9.17, 15) is 0 Å². The lowest BCUT2D eigenvalue weighted by atomic mass is 9.97. The summed E-state index contributed by atoms with van der Waals surface area (Å²) in [6, 6.07) is 12.1. The Hall–Kier alpha value is -3.47. The molecular formula is C22H20N4O. The van der Waals surface area contributed by atoms with Crippen LogP contribution in [0.3, 0.4) is 0 Å². The standard InChI is InChI=1S/C22H20N4O/c1-3-20(23)27-19-5-4-16(12-14(19)2)18-13-26-22-21(18)17(8-11-25-22)15-6-9-24-10-7-15/h4-13,23H,3H2,1-2H3,(H,25,26). The molecule has 0 bridgehead atoms. The molecule has 0 amide bonds. The molecule has 4 rings (SSSR count). The van der Waals surface area contributed by atoms with Crippen LogP contribution in [0.5, 0.6) is 5.75 Å². The van der Waals surface area contributed by atoms with Gasteiger partial charge in [-0.2, -0.15) is 0 Å². The smallest absolute Gasteiger partial charge is 0.187 e. The highest BCUT2D eigenvalue weighted by Gasteiger charge is 2.14. The van der Waals surface area contributed by atoms with Gasteiger partial charge >= 0.3 is 0 Å². The predicted octanol–water partition coefficient (Wildman–Crippen LogP) is 5.37. The average molecular weight is 356 g/mol. The molecule has 0 aliphatic heterocycles. The number of ether oxygens (including phenoxy) is 1. The van der Waals surface area contributed by atoms with Crippen molar-refractivity contribution in [2.45, 2.75) is 20.3 Å². The fourth-order valence-corrected chi connectivity index (χ4v) is 3.19. The molecule has 4 aromatic rings. The van der Waals surface area contributed by atoms with Gasteiger partial charge in [-0.05, 0) is 59.5 Å². The number of pyridine rings is 2. The Kier molecular flexibility index (Phi) is 4.42. The topological polar surface area (TPSA) is 74.7 Å². The maximum atomic E-state index is 7.76. The van der Waals surface area contributed by atoms with E-state index in [1.807, 2.05) is 56.6 Å². The van der Waals surface area contributed by atoms with Gasteiger partial charge in [-0.15, -0.1) is 0 Å². The summed E-state index contributed by atoms with van der Waals surface area (Å²) in [6.07, 6.45) is 7.98. The molecule has 0 aliphatic carbocycles. The average Bonchev–Trinajstić information content (AvgIpc) is 3.14.